The van der Waals surface area contributed by atoms with Gasteiger partial charge in [-0.3, -0.25) is 29.4 Å². The molecule has 12 nitrogen and oxygen atoms in total. The van der Waals surface area contributed by atoms with Crippen LogP contribution in [0.3, 0.4) is 0 Å². The number of rotatable bonds is 15. The molecule has 4 aliphatic rings. The van der Waals surface area contributed by atoms with E-state index in [2.05, 4.69) is 33.5 Å². The molecule has 1 aromatic rings. The van der Waals surface area contributed by atoms with Crippen LogP contribution in [0.25, 0.3) is 0 Å². The van der Waals surface area contributed by atoms with Crippen LogP contribution in [0.1, 0.15) is 69.4 Å². The molecule has 5 rings (SSSR count). The number of hydrogen-bond acceptors (Lipinski definition) is 9. The van der Waals surface area contributed by atoms with E-state index >= 15 is 0 Å². The summed E-state index contributed by atoms with van der Waals surface area (Å²) in [6, 6.07) is 2.96. The number of carbonyl (C=O) groups is 4. The third kappa shape index (κ3) is 9.01. The summed E-state index contributed by atoms with van der Waals surface area (Å²) in [5, 5.41) is 5.02. The van der Waals surface area contributed by atoms with Crippen LogP contribution in [0.5, 0.6) is 0 Å². The Labute approximate surface area is 305 Å². The maximum atomic E-state index is 14.0. The number of anilines is 1. The number of carbonyl (C=O) groups excluding carboxylic acids is 4. The van der Waals surface area contributed by atoms with E-state index in [4.69, 9.17) is 4.74 Å². The molecule has 3 N–H and O–H groups in total. The third-order valence-electron chi connectivity index (χ3n) is 9.84. The molecule has 3 aliphatic carbocycles. The molecule has 1 heterocycles. The average molecular weight is 768 g/mol. The minimum Gasteiger partial charge on any atom is -0.446 e. The van der Waals surface area contributed by atoms with Crippen LogP contribution in [-0.2, 0) is 35.3 Å². The minimum absolute atomic E-state index is 0.0724. The summed E-state index contributed by atoms with van der Waals surface area (Å²) >= 11 is 1.36. The lowest BCUT2D eigenvalue weighted by atomic mass is 9.93. The Kier molecular flexibility index (Phi) is 11.8. The van der Waals surface area contributed by atoms with Gasteiger partial charge in [-0.2, -0.15) is 13.2 Å². The van der Waals surface area contributed by atoms with Gasteiger partial charge >= 0.3 is 12.3 Å². The number of hydrogen-bond donors (Lipinski definition) is 3. The fourth-order valence-corrected chi connectivity index (χ4v) is 8.98. The second-order valence-electron chi connectivity index (χ2n) is 13.9. The topological polar surface area (TPSA) is 163 Å². The minimum atomic E-state index is -4.68. The van der Waals surface area contributed by atoms with Gasteiger partial charge in [-0.1, -0.05) is 19.1 Å². The number of amides is 4. The normalized spacial score (nSPS) is 26.9. The number of sulfonamides is 1. The van der Waals surface area contributed by atoms with E-state index in [1.165, 1.54) is 28.8 Å². The van der Waals surface area contributed by atoms with E-state index in [-0.39, 0.29) is 36.1 Å². The van der Waals surface area contributed by atoms with Gasteiger partial charge in [0.2, 0.25) is 21.8 Å². The van der Waals surface area contributed by atoms with Crippen molar-refractivity contribution in [3.63, 3.8) is 0 Å². The molecule has 52 heavy (non-hydrogen) atoms. The van der Waals surface area contributed by atoms with Crippen molar-refractivity contribution >= 4 is 56.3 Å². The van der Waals surface area contributed by atoms with Crippen molar-refractivity contribution in [3.8, 4) is 0 Å². The highest BCUT2D eigenvalue weighted by Crippen LogP contribution is 2.46. The number of ether oxygens (including phenoxy) is 1. The fourth-order valence-electron chi connectivity index (χ4n) is 6.64. The maximum Gasteiger partial charge on any atom is 0.416 e. The summed E-state index contributed by atoms with van der Waals surface area (Å²) in [5.41, 5.74) is -2.43. The fraction of sp³-hybridized carbons (Fsp3) is 0.571. The molecule has 3 saturated carbocycles. The highest BCUT2D eigenvalue weighted by atomic mass is 32.2. The van der Waals surface area contributed by atoms with Gasteiger partial charge in [0.05, 0.1) is 34.9 Å². The molecule has 3 fully saturated rings. The number of unbranched alkanes of at least 4 members (excludes halogenated alkanes) is 2. The molecule has 6 atom stereocenters. The second-order valence-corrected chi connectivity index (χ2v) is 17.3. The highest BCUT2D eigenvalue weighted by Gasteiger charge is 2.62. The third-order valence-corrected chi connectivity index (χ3v) is 12.8. The average Bonchev–Trinajstić information content (AvgIpc) is 3.98. The van der Waals surface area contributed by atoms with E-state index < -0.39 is 74.3 Å². The number of nitrogens with zero attached hydrogens (tertiary/aromatic N) is 2. The van der Waals surface area contributed by atoms with E-state index in [1.54, 1.807) is 13.1 Å². The van der Waals surface area contributed by atoms with Crippen molar-refractivity contribution in [2.75, 3.05) is 25.5 Å². The molecular weight excluding hydrogens is 724 g/mol. The van der Waals surface area contributed by atoms with E-state index in [0.717, 1.165) is 25.0 Å². The number of benzene rings is 1. The van der Waals surface area contributed by atoms with Crippen LogP contribution < -0.4 is 15.4 Å². The zero-order valence-corrected chi connectivity index (χ0v) is 30.7. The largest absolute Gasteiger partial charge is 0.446 e. The van der Waals surface area contributed by atoms with Gasteiger partial charge < -0.3 is 15.0 Å². The SMILES string of the molecule is C=CCCCCN(C)C(=O)[C@@H]1C[C@H](OC(=O)Nc2cc(C(F)(F)F)ccc2C2=NCC(C)S2)C[C@H]1C(=O)N[C@]1(C(=O)NS(=O)(=O)C2CC2)C[C@H]1C=C. The van der Waals surface area contributed by atoms with Crippen LogP contribution in [-0.4, -0.2) is 84.5 Å². The van der Waals surface area contributed by atoms with Crippen molar-refractivity contribution < 1.29 is 45.5 Å². The van der Waals surface area contributed by atoms with Gasteiger partial charge in [0.25, 0.3) is 5.91 Å². The summed E-state index contributed by atoms with van der Waals surface area (Å²) in [6.07, 6.45) is -0.582. The number of nitrogens with one attached hydrogen (secondary N) is 3. The van der Waals surface area contributed by atoms with Crippen molar-refractivity contribution in [2.45, 2.75) is 86.6 Å². The first-order valence-electron chi connectivity index (χ1n) is 17.3. The number of alkyl halides is 3. The van der Waals surface area contributed by atoms with Gasteiger partial charge in [-0.25, -0.2) is 13.2 Å². The summed E-state index contributed by atoms with van der Waals surface area (Å²) < 4.78 is 73.8. The lowest BCUT2D eigenvalue weighted by molar-refractivity contribution is -0.140. The van der Waals surface area contributed by atoms with Gasteiger partial charge in [0, 0.05) is 30.3 Å². The molecule has 0 bridgehead atoms. The van der Waals surface area contributed by atoms with Crippen molar-refractivity contribution in [3.05, 3.63) is 54.6 Å². The molecule has 0 spiro atoms. The molecule has 0 radical (unpaired) electrons. The highest BCUT2D eigenvalue weighted by molar-refractivity contribution is 8.15. The predicted octanol–water partition coefficient (Wildman–Crippen LogP) is 5.01. The van der Waals surface area contributed by atoms with Crippen LogP contribution >= 0.6 is 11.8 Å². The number of thioether (sulfide) groups is 1. The summed E-state index contributed by atoms with van der Waals surface area (Å²) in [6.45, 7) is 10.2. The monoisotopic (exact) mass is 767 g/mol. The molecule has 1 unspecified atom stereocenters. The van der Waals surface area contributed by atoms with E-state index in [1.807, 2.05) is 6.92 Å². The predicted molar refractivity (Wildman–Crippen MR) is 191 cm³/mol. The van der Waals surface area contributed by atoms with Gasteiger partial charge in [-0.05, 0) is 69.6 Å². The molecule has 0 aromatic heterocycles. The number of aliphatic imine (C=N–C) groups is 1. The van der Waals surface area contributed by atoms with Gasteiger partial charge in [0.15, 0.2) is 0 Å². The summed E-state index contributed by atoms with van der Waals surface area (Å²) in [4.78, 5) is 60.2. The van der Waals surface area contributed by atoms with Crippen molar-refractivity contribution in [1.82, 2.24) is 14.9 Å². The van der Waals surface area contributed by atoms with Crippen LogP contribution in [0.15, 0.2) is 48.5 Å². The zero-order chi connectivity index (χ0) is 38.0. The Morgan fingerprint density at radius 3 is 2.44 bits per heavy atom. The van der Waals surface area contributed by atoms with E-state index in [9.17, 15) is 40.8 Å². The zero-order valence-electron chi connectivity index (χ0n) is 29.0. The first-order valence-corrected chi connectivity index (χ1v) is 19.7. The first-order chi connectivity index (χ1) is 24.5. The number of halogens is 3. The lowest BCUT2D eigenvalue weighted by Gasteiger charge is -2.26. The Morgan fingerprint density at radius 2 is 1.85 bits per heavy atom. The number of allylic oxidation sites excluding steroid dienone is 1. The van der Waals surface area contributed by atoms with Crippen LogP contribution in [0.4, 0.5) is 23.7 Å². The smallest absolute Gasteiger partial charge is 0.416 e. The quantitative estimate of drug-likeness (QED) is 0.166. The van der Waals surface area contributed by atoms with Gasteiger partial charge in [0.1, 0.15) is 16.7 Å². The summed E-state index contributed by atoms with van der Waals surface area (Å²) in [7, 11) is -2.33. The molecule has 4 amide bonds. The Hall–Kier alpha value is -3.86. The molecule has 1 aromatic carbocycles. The van der Waals surface area contributed by atoms with E-state index in [0.29, 0.717) is 43.0 Å². The van der Waals surface area contributed by atoms with Crippen molar-refractivity contribution in [1.29, 1.82) is 0 Å². The molecular formula is C35H44F3N5O7S2. The van der Waals surface area contributed by atoms with Gasteiger partial charge in [-0.15, -0.1) is 24.9 Å². The Bertz CT molecular complexity index is 1750. The Morgan fingerprint density at radius 1 is 1.13 bits per heavy atom. The molecule has 284 valence electrons. The molecule has 1 aliphatic heterocycles. The molecule has 17 heteroatoms. The first kappa shape index (κ1) is 39.3. The second kappa shape index (κ2) is 15.6. The Balaban J connectivity index is 1.34. The summed E-state index contributed by atoms with van der Waals surface area (Å²) in [5.74, 6) is -4.58. The van der Waals surface area contributed by atoms with Crippen molar-refractivity contribution in [2.24, 2.45) is 22.7 Å². The standard InChI is InChI=1S/C35H44F3N5O7S2/c1-5-7-8-9-14-43(4)31(45)27-17-23(16-26(27)29(44)41-34(18-21(34)6-2)32(46)42-52(48,49)24-11-12-24)50-33(47)40-28-15-22(35(36,37)38)10-13-25(28)30-39-19-20(3)51-30/h5-6,10,13,15,20-21,23-24,26-27H,1-2,7-9,11-12,14,16-19H2,3-4H3,(H,40,47)(H,41,44)(H,42,46)/t20?,21-,23-,26-,27-,34-/m1/s1. The maximum absolute atomic E-state index is 14.0. The lowest BCUT2D eigenvalue weighted by Crippen LogP contribution is -2.54. The molecule has 0 saturated heterocycles. The van der Waals surface area contributed by atoms with Crippen LogP contribution in [0, 0.1) is 17.8 Å². The van der Waals surface area contributed by atoms with Crippen LogP contribution in [0.2, 0.25) is 0 Å².